The minimum absolute atomic E-state index is 0.166. The van der Waals surface area contributed by atoms with Crippen molar-refractivity contribution in [2.45, 2.75) is 32.6 Å². The third kappa shape index (κ3) is 1.79. The van der Waals surface area contributed by atoms with Crippen molar-refractivity contribution in [2.24, 2.45) is 0 Å². The Morgan fingerprint density at radius 1 is 1.25 bits per heavy atom. The maximum absolute atomic E-state index is 13.7. The van der Waals surface area contributed by atoms with E-state index in [0.717, 1.165) is 22.6 Å². The van der Waals surface area contributed by atoms with Crippen LogP contribution in [0.15, 0.2) is 24.4 Å². The summed E-state index contributed by atoms with van der Waals surface area (Å²) in [6, 6.07) is 5.33. The van der Waals surface area contributed by atoms with Gasteiger partial charge in [0.2, 0.25) is 0 Å². The smallest absolute Gasteiger partial charge is 0.194 e. The van der Waals surface area contributed by atoms with Crippen LogP contribution < -0.4 is 0 Å². The van der Waals surface area contributed by atoms with E-state index in [1.165, 1.54) is 29.8 Å². The molecule has 3 aromatic rings. The van der Waals surface area contributed by atoms with Crippen molar-refractivity contribution in [2.75, 3.05) is 0 Å². The van der Waals surface area contributed by atoms with E-state index in [9.17, 15) is 4.39 Å². The minimum atomic E-state index is -0.166. The van der Waals surface area contributed by atoms with Gasteiger partial charge in [0, 0.05) is 22.3 Å². The zero-order chi connectivity index (χ0) is 13.7. The molecule has 1 aliphatic carbocycles. The average Bonchev–Trinajstić information content (AvgIpc) is 2.99. The number of aryl methyl sites for hydroxylation is 3. The van der Waals surface area contributed by atoms with E-state index in [4.69, 9.17) is 0 Å². The number of halogens is 1. The van der Waals surface area contributed by atoms with Gasteiger partial charge in [0.1, 0.15) is 5.82 Å². The van der Waals surface area contributed by atoms with Crippen molar-refractivity contribution in [3.05, 3.63) is 46.3 Å². The second-order valence-electron chi connectivity index (χ2n) is 5.42. The van der Waals surface area contributed by atoms with Crippen molar-refractivity contribution in [1.82, 2.24) is 9.38 Å². The van der Waals surface area contributed by atoms with Gasteiger partial charge in [0.25, 0.3) is 0 Å². The van der Waals surface area contributed by atoms with E-state index >= 15 is 0 Å². The molecule has 0 atom stereocenters. The number of hydrogen-bond donors (Lipinski definition) is 0. The molecule has 0 spiro atoms. The quantitative estimate of drug-likeness (QED) is 0.648. The van der Waals surface area contributed by atoms with E-state index in [2.05, 4.69) is 15.6 Å². The number of thiazole rings is 1. The molecule has 102 valence electrons. The van der Waals surface area contributed by atoms with Gasteiger partial charge in [0.15, 0.2) is 4.96 Å². The van der Waals surface area contributed by atoms with Crippen molar-refractivity contribution in [3.63, 3.8) is 0 Å². The Morgan fingerprint density at radius 3 is 2.95 bits per heavy atom. The molecule has 0 fully saturated rings. The number of benzene rings is 1. The molecule has 1 aliphatic rings. The number of hydrogen-bond acceptors (Lipinski definition) is 2. The highest BCUT2D eigenvalue weighted by molar-refractivity contribution is 7.17. The molecule has 2 nitrogen and oxygen atoms in total. The van der Waals surface area contributed by atoms with Gasteiger partial charge in [-0.25, -0.2) is 9.37 Å². The van der Waals surface area contributed by atoms with Gasteiger partial charge in [-0.15, -0.1) is 11.3 Å². The van der Waals surface area contributed by atoms with E-state index in [1.54, 1.807) is 24.3 Å². The van der Waals surface area contributed by atoms with Crippen LogP contribution in [0, 0.1) is 12.7 Å². The Kier molecular flexibility index (Phi) is 2.67. The van der Waals surface area contributed by atoms with Crippen LogP contribution in [-0.2, 0) is 12.8 Å². The zero-order valence-electron chi connectivity index (χ0n) is 11.3. The topological polar surface area (TPSA) is 17.3 Å². The summed E-state index contributed by atoms with van der Waals surface area (Å²) in [4.78, 5) is 7.18. The zero-order valence-corrected chi connectivity index (χ0v) is 12.1. The number of rotatable bonds is 1. The number of imidazole rings is 1. The molecule has 0 amide bonds. The lowest BCUT2D eigenvalue weighted by Crippen LogP contribution is -2.01. The molecule has 0 bridgehead atoms. The summed E-state index contributed by atoms with van der Waals surface area (Å²) in [6.45, 7) is 1.78. The first-order valence-corrected chi connectivity index (χ1v) is 7.80. The molecule has 0 unspecified atom stereocenters. The largest absolute Gasteiger partial charge is 0.294 e. The lowest BCUT2D eigenvalue weighted by molar-refractivity contribution is 0.619. The Balaban J connectivity index is 1.84. The van der Waals surface area contributed by atoms with Crippen molar-refractivity contribution < 1.29 is 4.39 Å². The fourth-order valence-corrected chi connectivity index (χ4v) is 4.05. The van der Waals surface area contributed by atoms with Crippen LogP contribution in [-0.4, -0.2) is 9.38 Å². The molecule has 2 aromatic heterocycles. The first-order valence-electron chi connectivity index (χ1n) is 6.98. The van der Waals surface area contributed by atoms with Crippen LogP contribution in [0.4, 0.5) is 4.39 Å². The Bertz CT molecular complexity index is 800. The lowest BCUT2D eigenvalue weighted by atomic mass is 10.0. The van der Waals surface area contributed by atoms with Crippen LogP contribution in [0.1, 0.15) is 29.0 Å². The summed E-state index contributed by atoms with van der Waals surface area (Å²) in [5.74, 6) is -0.166. The molecule has 4 heteroatoms. The fourth-order valence-electron chi connectivity index (χ4n) is 2.86. The number of nitrogens with zero attached hydrogens (tertiary/aromatic N) is 2. The highest BCUT2D eigenvalue weighted by Crippen LogP contribution is 2.32. The number of fused-ring (bicyclic) bond motifs is 3. The first-order chi connectivity index (χ1) is 9.72. The summed E-state index contributed by atoms with van der Waals surface area (Å²) >= 11 is 1.78. The summed E-state index contributed by atoms with van der Waals surface area (Å²) in [7, 11) is 0. The predicted octanol–water partition coefficient (Wildman–Crippen LogP) is 4.39. The second kappa shape index (κ2) is 4.42. The third-order valence-corrected chi connectivity index (χ3v) is 5.19. The monoisotopic (exact) mass is 286 g/mol. The minimum Gasteiger partial charge on any atom is -0.294 e. The predicted molar refractivity (Wildman–Crippen MR) is 79.8 cm³/mol. The van der Waals surface area contributed by atoms with Crippen molar-refractivity contribution >= 4 is 16.3 Å². The van der Waals surface area contributed by atoms with E-state index in [1.807, 2.05) is 12.1 Å². The van der Waals surface area contributed by atoms with E-state index in [-0.39, 0.29) is 5.82 Å². The average molecular weight is 286 g/mol. The SMILES string of the molecule is Cc1ccc(-c2cn3c4c(sc3n2)CCCC4)cc1F. The Morgan fingerprint density at radius 2 is 2.10 bits per heavy atom. The maximum Gasteiger partial charge on any atom is 0.194 e. The second-order valence-corrected chi connectivity index (χ2v) is 6.48. The molecule has 1 aromatic carbocycles. The van der Waals surface area contributed by atoms with Gasteiger partial charge in [-0.3, -0.25) is 4.40 Å². The molecule has 0 saturated carbocycles. The molecule has 0 radical (unpaired) electrons. The van der Waals surface area contributed by atoms with Gasteiger partial charge in [0.05, 0.1) is 5.69 Å². The Labute approximate surface area is 120 Å². The van der Waals surface area contributed by atoms with Crippen LogP contribution in [0.2, 0.25) is 0 Å². The molecule has 0 N–H and O–H groups in total. The summed E-state index contributed by atoms with van der Waals surface area (Å²) in [5.41, 5.74) is 3.80. The molecule has 0 saturated heterocycles. The lowest BCUT2D eigenvalue weighted by Gasteiger charge is -2.09. The summed E-state index contributed by atoms with van der Waals surface area (Å²) in [6.07, 6.45) is 6.91. The molecule has 4 rings (SSSR count). The van der Waals surface area contributed by atoms with E-state index < -0.39 is 0 Å². The number of aromatic nitrogens is 2. The van der Waals surface area contributed by atoms with Gasteiger partial charge >= 0.3 is 0 Å². The summed E-state index contributed by atoms with van der Waals surface area (Å²) < 4.78 is 15.9. The van der Waals surface area contributed by atoms with Crippen LogP contribution in [0.5, 0.6) is 0 Å². The highest BCUT2D eigenvalue weighted by atomic mass is 32.1. The van der Waals surface area contributed by atoms with Crippen LogP contribution in [0.3, 0.4) is 0 Å². The molecular weight excluding hydrogens is 271 g/mol. The van der Waals surface area contributed by atoms with Crippen molar-refractivity contribution in [1.29, 1.82) is 0 Å². The first kappa shape index (κ1) is 12.1. The van der Waals surface area contributed by atoms with Crippen LogP contribution in [0.25, 0.3) is 16.2 Å². The Hall–Kier alpha value is -1.68. The van der Waals surface area contributed by atoms with Gasteiger partial charge in [-0.05, 0) is 44.2 Å². The van der Waals surface area contributed by atoms with Gasteiger partial charge < -0.3 is 0 Å². The molecule has 0 aliphatic heterocycles. The fraction of sp³-hybridized carbons (Fsp3) is 0.312. The summed E-state index contributed by atoms with van der Waals surface area (Å²) in [5, 5.41) is 0. The third-order valence-electron chi connectivity index (χ3n) is 4.04. The standard InChI is InChI=1S/C16H15FN2S/c1-10-6-7-11(8-12(10)17)13-9-19-14-4-2-3-5-15(14)20-16(19)18-13/h6-9H,2-5H2,1H3. The molecule has 2 heterocycles. The highest BCUT2D eigenvalue weighted by Gasteiger charge is 2.18. The molecular formula is C16H15FN2S. The van der Waals surface area contributed by atoms with Gasteiger partial charge in [-0.2, -0.15) is 0 Å². The van der Waals surface area contributed by atoms with Crippen LogP contribution >= 0.6 is 11.3 Å². The van der Waals surface area contributed by atoms with Gasteiger partial charge in [-0.1, -0.05) is 12.1 Å². The molecule has 20 heavy (non-hydrogen) atoms. The normalized spacial score (nSPS) is 14.7. The maximum atomic E-state index is 13.7. The van der Waals surface area contributed by atoms with E-state index in [0.29, 0.717) is 5.56 Å². The van der Waals surface area contributed by atoms with Crippen molar-refractivity contribution in [3.8, 4) is 11.3 Å².